The van der Waals surface area contributed by atoms with Gasteiger partial charge in [0.25, 0.3) is 5.56 Å². The van der Waals surface area contributed by atoms with Crippen LogP contribution in [0.5, 0.6) is 0 Å². The van der Waals surface area contributed by atoms with E-state index in [1.165, 1.54) is 16.9 Å². The second kappa shape index (κ2) is 13.4. The number of halogens is 2. The molecule has 1 atom stereocenters. The van der Waals surface area contributed by atoms with Gasteiger partial charge in [0.1, 0.15) is 0 Å². The number of ether oxygens (including phenoxy) is 1. The third kappa shape index (κ3) is 6.11. The molecule has 0 radical (unpaired) electrons. The Balaban J connectivity index is 1.52. The van der Waals surface area contributed by atoms with E-state index in [1.54, 1.807) is 17.6 Å². The van der Waals surface area contributed by atoms with Crippen molar-refractivity contribution in [1.82, 2.24) is 9.13 Å². The maximum atomic E-state index is 14.3. The van der Waals surface area contributed by atoms with Crippen molar-refractivity contribution < 1.29 is 9.53 Å². The zero-order chi connectivity index (χ0) is 32.5. The first-order chi connectivity index (χ1) is 22.2. The normalized spacial score (nSPS) is 15.0. The van der Waals surface area contributed by atoms with Crippen molar-refractivity contribution in [3.05, 3.63) is 136 Å². The highest BCUT2D eigenvalue weighted by Gasteiger charge is 2.34. The Labute approximate surface area is 281 Å². The van der Waals surface area contributed by atoms with E-state index in [1.807, 2.05) is 42.5 Å². The molecule has 1 aliphatic rings. The lowest BCUT2D eigenvalue weighted by atomic mass is 9.92. The summed E-state index contributed by atoms with van der Waals surface area (Å²) in [6.45, 7) is 8.95. The summed E-state index contributed by atoms with van der Waals surface area (Å²) in [6, 6.07) is 21.3. The molecule has 3 heterocycles. The van der Waals surface area contributed by atoms with Gasteiger partial charge < -0.3 is 9.30 Å². The van der Waals surface area contributed by atoms with Crippen molar-refractivity contribution in [3.8, 4) is 0 Å². The Hall–Kier alpha value is -3.91. The Morgan fingerprint density at radius 3 is 2.50 bits per heavy atom. The average Bonchev–Trinajstić information content (AvgIpc) is 3.54. The lowest BCUT2D eigenvalue weighted by Gasteiger charge is -2.26. The van der Waals surface area contributed by atoms with E-state index in [9.17, 15) is 9.59 Å². The van der Waals surface area contributed by atoms with Gasteiger partial charge in [-0.2, -0.15) is 0 Å². The molecule has 6 rings (SSSR count). The SMILES string of the molecule is CCCC1=C(C(=O)OCC)C(c2ccc(C(C)C)cc2)n2c(s/c(=C/c3cn(Cc4ccc(Cl)c(Cl)c4)c4ccccc34)c2=O)=N1. The van der Waals surface area contributed by atoms with Crippen LogP contribution >= 0.6 is 34.5 Å². The van der Waals surface area contributed by atoms with E-state index in [-0.39, 0.29) is 12.2 Å². The number of esters is 1. The summed E-state index contributed by atoms with van der Waals surface area (Å²) in [5, 5.41) is 2.05. The predicted molar refractivity (Wildman–Crippen MR) is 188 cm³/mol. The van der Waals surface area contributed by atoms with Crippen LogP contribution in [0.25, 0.3) is 17.0 Å². The molecule has 5 aromatic rings. The summed E-state index contributed by atoms with van der Waals surface area (Å²) >= 11 is 13.8. The van der Waals surface area contributed by atoms with Gasteiger partial charge in [-0.25, -0.2) is 9.79 Å². The van der Waals surface area contributed by atoms with Crippen LogP contribution < -0.4 is 14.9 Å². The number of benzene rings is 3. The summed E-state index contributed by atoms with van der Waals surface area (Å²) in [4.78, 5) is 33.4. The summed E-state index contributed by atoms with van der Waals surface area (Å²) < 4.78 is 9.91. The van der Waals surface area contributed by atoms with E-state index in [0.29, 0.717) is 49.5 Å². The maximum Gasteiger partial charge on any atom is 0.338 e. The third-order valence-electron chi connectivity index (χ3n) is 8.25. The Morgan fingerprint density at radius 1 is 1.04 bits per heavy atom. The Bertz CT molecular complexity index is 2160. The van der Waals surface area contributed by atoms with Gasteiger partial charge in [-0.3, -0.25) is 9.36 Å². The quantitative estimate of drug-likeness (QED) is 0.149. The molecular weight excluding hydrogens is 637 g/mol. The number of hydrogen-bond acceptors (Lipinski definition) is 5. The first-order valence-corrected chi connectivity index (χ1v) is 17.1. The molecule has 0 amide bonds. The van der Waals surface area contributed by atoms with E-state index < -0.39 is 12.0 Å². The minimum atomic E-state index is -0.642. The van der Waals surface area contributed by atoms with Gasteiger partial charge in [0, 0.05) is 29.2 Å². The molecule has 1 aliphatic heterocycles. The summed E-state index contributed by atoms with van der Waals surface area (Å²) in [5.41, 5.74) is 5.90. The lowest BCUT2D eigenvalue weighted by Crippen LogP contribution is -2.40. The Kier molecular flexibility index (Phi) is 9.37. The highest BCUT2D eigenvalue weighted by atomic mass is 35.5. The zero-order valence-electron chi connectivity index (χ0n) is 26.2. The second-order valence-corrected chi connectivity index (χ2v) is 13.5. The van der Waals surface area contributed by atoms with Crippen LogP contribution in [0.1, 0.15) is 74.8 Å². The molecule has 0 saturated heterocycles. The average molecular weight is 673 g/mol. The van der Waals surface area contributed by atoms with Crippen molar-refractivity contribution in [2.24, 2.45) is 4.99 Å². The molecule has 0 saturated carbocycles. The molecule has 0 spiro atoms. The van der Waals surface area contributed by atoms with Crippen LogP contribution in [0.4, 0.5) is 0 Å². The van der Waals surface area contributed by atoms with Crippen LogP contribution in [0.3, 0.4) is 0 Å². The summed E-state index contributed by atoms with van der Waals surface area (Å²) in [5.74, 6) is -0.0853. The minimum Gasteiger partial charge on any atom is -0.463 e. The Morgan fingerprint density at radius 2 is 1.80 bits per heavy atom. The van der Waals surface area contributed by atoms with Crippen molar-refractivity contribution in [2.75, 3.05) is 6.61 Å². The van der Waals surface area contributed by atoms with Crippen LogP contribution in [0, 0.1) is 0 Å². The monoisotopic (exact) mass is 671 g/mol. The third-order valence-corrected chi connectivity index (χ3v) is 9.98. The second-order valence-electron chi connectivity index (χ2n) is 11.7. The van der Waals surface area contributed by atoms with Gasteiger partial charge in [0.15, 0.2) is 4.80 Å². The van der Waals surface area contributed by atoms with E-state index in [0.717, 1.165) is 34.0 Å². The molecule has 0 N–H and O–H groups in total. The van der Waals surface area contributed by atoms with Crippen molar-refractivity contribution >= 4 is 57.5 Å². The van der Waals surface area contributed by atoms with Crippen molar-refractivity contribution in [3.63, 3.8) is 0 Å². The van der Waals surface area contributed by atoms with Gasteiger partial charge in [0.2, 0.25) is 0 Å². The van der Waals surface area contributed by atoms with Gasteiger partial charge in [-0.05, 0) is 60.2 Å². The van der Waals surface area contributed by atoms with Crippen molar-refractivity contribution in [1.29, 1.82) is 0 Å². The molecular formula is C37H35Cl2N3O3S. The molecule has 9 heteroatoms. The minimum absolute atomic E-state index is 0.194. The fraction of sp³-hybridized carbons (Fsp3) is 0.270. The number of fused-ring (bicyclic) bond motifs is 2. The molecule has 6 nitrogen and oxygen atoms in total. The molecule has 236 valence electrons. The standard InChI is InChI=1S/C37H35Cl2N3O3S/c1-5-9-30-33(36(44)45-6-2)34(25-15-13-24(14-16-25)22(3)4)42-35(43)32(46-37(42)40-30)19-26-21-41(31-11-8-7-10-27(26)31)20-23-12-17-28(38)29(39)18-23/h7-8,10-19,21-22,34H,5-6,9,20H2,1-4H3/b32-19+. The lowest BCUT2D eigenvalue weighted by molar-refractivity contribution is -0.139. The number of thiazole rings is 1. The van der Waals surface area contributed by atoms with Gasteiger partial charge >= 0.3 is 5.97 Å². The maximum absolute atomic E-state index is 14.3. The molecule has 3 aromatic carbocycles. The first-order valence-electron chi connectivity index (χ1n) is 15.5. The number of hydrogen-bond donors (Lipinski definition) is 0. The fourth-order valence-corrected chi connectivity index (χ4v) is 7.33. The molecule has 0 aliphatic carbocycles. The van der Waals surface area contributed by atoms with Crippen LogP contribution in [-0.2, 0) is 16.1 Å². The summed E-state index contributed by atoms with van der Waals surface area (Å²) in [7, 11) is 0. The number of allylic oxidation sites excluding steroid dienone is 1. The molecule has 0 fully saturated rings. The highest BCUT2D eigenvalue weighted by Crippen LogP contribution is 2.33. The molecule has 2 aromatic heterocycles. The number of nitrogens with zero attached hydrogens (tertiary/aromatic N) is 3. The molecule has 1 unspecified atom stereocenters. The molecule has 46 heavy (non-hydrogen) atoms. The number of rotatable bonds is 9. The van der Waals surface area contributed by atoms with Gasteiger partial charge in [-0.15, -0.1) is 0 Å². The number of aromatic nitrogens is 2. The van der Waals surface area contributed by atoms with E-state index in [4.69, 9.17) is 32.9 Å². The van der Waals surface area contributed by atoms with Crippen LogP contribution in [0.15, 0.2) is 94.0 Å². The topological polar surface area (TPSA) is 65.6 Å². The fourth-order valence-electron chi connectivity index (χ4n) is 6.00. The number of para-hydroxylation sites is 1. The number of carbonyl (C=O) groups excluding carboxylic acids is 1. The van der Waals surface area contributed by atoms with Gasteiger partial charge in [0.05, 0.1) is 38.5 Å². The summed E-state index contributed by atoms with van der Waals surface area (Å²) in [6.07, 6.45) is 5.39. The van der Waals surface area contributed by atoms with E-state index in [2.05, 4.69) is 55.8 Å². The van der Waals surface area contributed by atoms with Gasteiger partial charge in [-0.1, -0.05) is 110 Å². The zero-order valence-corrected chi connectivity index (χ0v) is 28.5. The number of carbonyl (C=O) groups is 1. The first kappa shape index (κ1) is 32.0. The molecule has 0 bridgehead atoms. The predicted octanol–water partition coefficient (Wildman–Crippen LogP) is 8.01. The largest absolute Gasteiger partial charge is 0.463 e. The smallest absolute Gasteiger partial charge is 0.338 e. The van der Waals surface area contributed by atoms with Crippen LogP contribution in [-0.4, -0.2) is 21.7 Å². The highest BCUT2D eigenvalue weighted by molar-refractivity contribution is 7.07. The van der Waals surface area contributed by atoms with E-state index >= 15 is 0 Å². The van der Waals surface area contributed by atoms with Crippen LogP contribution in [0.2, 0.25) is 10.0 Å². The van der Waals surface area contributed by atoms with Crippen molar-refractivity contribution in [2.45, 2.75) is 59.0 Å².